The van der Waals surface area contributed by atoms with Gasteiger partial charge in [0.05, 0.1) is 13.2 Å². The van der Waals surface area contributed by atoms with Crippen molar-refractivity contribution in [2.24, 2.45) is 0 Å². The van der Waals surface area contributed by atoms with Crippen LogP contribution in [0.15, 0.2) is 28.8 Å². The molecule has 5 nitrogen and oxygen atoms in total. The predicted octanol–water partition coefficient (Wildman–Crippen LogP) is 2.59. The number of hydrogen-bond donors (Lipinski definition) is 0. The Morgan fingerprint density at radius 3 is 2.36 bits per heavy atom. The van der Waals surface area contributed by atoms with Gasteiger partial charge in [0.1, 0.15) is 0 Å². The number of hydrogen-bond acceptors (Lipinski definition) is 5. The zero-order valence-corrected chi connectivity index (χ0v) is 11.6. The van der Waals surface area contributed by atoms with E-state index in [4.69, 9.17) is 4.74 Å². The molecular weight excluding hydrogens is 299 g/mol. The normalized spacial score (nSPS) is 16.9. The second kappa shape index (κ2) is 6.05. The minimum atomic E-state index is -4.62. The smallest absolute Gasteiger partial charge is 0.379 e. The Hall–Kier alpha value is -1.93. The Bertz CT molecular complexity index is 619. The molecule has 0 saturated carbocycles. The predicted molar refractivity (Wildman–Crippen MR) is 70.8 cm³/mol. The molecule has 1 fully saturated rings. The van der Waals surface area contributed by atoms with Crippen molar-refractivity contribution in [1.29, 1.82) is 0 Å². The Morgan fingerprint density at radius 2 is 1.77 bits per heavy atom. The van der Waals surface area contributed by atoms with E-state index in [0.717, 1.165) is 38.4 Å². The molecule has 0 aliphatic carbocycles. The lowest BCUT2D eigenvalue weighted by Crippen LogP contribution is -2.35. The molecule has 2 heterocycles. The molecule has 0 bridgehead atoms. The highest BCUT2D eigenvalue weighted by atomic mass is 19.4. The van der Waals surface area contributed by atoms with Crippen molar-refractivity contribution in [3.8, 4) is 11.4 Å². The first-order chi connectivity index (χ1) is 10.5. The largest absolute Gasteiger partial charge is 0.471 e. The summed E-state index contributed by atoms with van der Waals surface area (Å²) in [6, 6.07) is 7.10. The van der Waals surface area contributed by atoms with Crippen LogP contribution < -0.4 is 0 Å². The second-order valence-corrected chi connectivity index (χ2v) is 5.01. The molecule has 1 saturated heterocycles. The molecule has 0 unspecified atom stereocenters. The standard InChI is InChI=1S/C14H14F3N3O2/c15-14(16,17)13-18-12(19-22-13)11-3-1-10(2-4-11)9-20-5-7-21-8-6-20/h1-4H,5-9H2. The van der Waals surface area contributed by atoms with E-state index in [9.17, 15) is 13.2 Å². The zero-order valence-electron chi connectivity index (χ0n) is 11.6. The van der Waals surface area contributed by atoms with Crippen LogP contribution in [0.3, 0.4) is 0 Å². The first-order valence-corrected chi connectivity index (χ1v) is 6.83. The van der Waals surface area contributed by atoms with E-state index < -0.39 is 12.1 Å². The van der Waals surface area contributed by atoms with Crippen molar-refractivity contribution >= 4 is 0 Å². The Kier molecular flexibility index (Phi) is 4.12. The first-order valence-electron chi connectivity index (χ1n) is 6.83. The summed E-state index contributed by atoms with van der Waals surface area (Å²) < 4.78 is 46.8. The molecular formula is C14H14F3N3O2. The number of halogens is 3. The third-order valence-corrected chi connectivity index (χ3v) is 3.39. The number of benzene rings is 1. The Morgan fingerprint density at radius 1 is 1.09 bits per heavy atom. The van der Waals surface area contributed by atoms with Crippen LogP contribution in [0.2, 0.25) is 0 Å². The van der Waals surface area contributed by atoms with Crippen LogP contribution in [0.5, 0.6) is 0 Å². The van der Waals surface area contributed by atoms with Gasteiger partial charge in [0.15, 0.2) is 0 Å². The van der Waals surface area contributed by atoms with Gasteiger partial charge in [-0.15, -0.1) is 0 Å². The maximum absolute atomic E-state index is 12.4. The molecule has 2 aromatic rings. The van der Waals surface area contributed by atoms with Crippen LogP contribution in [-0.2, 0) is 17.5 Å². The fourth-order valence-corrected chi connectivity index (χ4v) is 2.23. The van der Waals surface area contributed by atoms with E-state index in [1.54, 1.807) is 12.1 Å². The van der Waals surface area contributed by atoms with Crippen molar-refractivity contribution in [1.82, 2.24) is 15.0 Å². The van der Waals surface area contributed by atoms with Gasteiger partial charge in [-0.1, -0.05) is 29.4 Å². The first kappa shape index (κ1) is 15.0. The van der Waals surface area contributed by atoms with Crippen LogP contribution in [0.4, 0.5) is 13.2 Å². The SMILES string of the molecule is FC(F)(F)c1nc(-c2ccc(CN3CCOCC3)cc2)no1. The lowest BCUT2D eigenvalue weighted by molar-refractivity contribution is -0.159. The highest BCUT2D eigenvalue weighted by Crippen LogP contribution is 2.29. The molecule has 1 aliphatic heterocycles. The molecule has 1 aliphatic rings. The highest BCUT2D eigenvalue weighted by molar-refractivity contribution is 5.54. The molecule has 0 spiro atoms. The molecule has 3 rings (SSSR count). The quantitative estimate of drug-likeness (QED) is 0.872. The average Bonchev–Trinajstić information content (AvgIpc) is 2.99. The van der Waals surface area contributed by atoms with E-state index in [-0.39, 0.29) is 5.82 Å². The van der Waals surface area contributed by atoms with Crippen LogP contribution in [-0.4, -0.2) is 41.3 Å². The zero-order chi connectivity index (χ0) is 15.6. The molecule has 22 heavy (non-hydrogen) atoms. The molecule has 118 valence electrons. The summed E-state index contributed by atoms with van der Waals surface area (Å²) in [7, 11) is 0. The van der Waals surface area contributed by atoms with Gasteiger partial charge in [0, 0.05) is 25.2 Å². The summed E-state index contributed by atoms with van der Waals surface area (Å²) in [5, 5.41) is 3.37. The number of alkyl halides is 3. The lowest BCUT2D eigenvalue weighted by atomic mass is 10.1. The minimum absolute atomic E-state index is 0.0646. The summed E-state index contributed by atoms with van der Waals surface area (Å²) in [6.45, 7) is 3.98. The van der Waals surface area contributed by atoms with Crippen molar-refractivity contribution in [2.45, 2.75) is 12.7 Å². The van der Waals surface area contributed by atoms with Gasteiger partial charge in [-0.3, -0.25) is 4.90 Å². The number of aromatic nitrogens is 2. The summed E-state index contributed by atoms with van der Waals surface area (Å²) in [6.07, 6.45) is -4.62. The summed E-state index contributed by atoms with van der Waals surface area (Å²) >= 11 is 0. The molecule has 0 amide bonds. The maximum Gasteiger partial charge on any atom is 0.471 e. The van der Waals surface area contributed by atoms with Crippen molar-refractivity contribution in [2.75, 3.05) is 26.3 Å². The molecule has 8 heteroatoms. The van der Waals surface area contributed by atoms with Crippen LogP contribution in [0.25, 0.3) is 11.4 Å². The van der Waals surface area contributed by atoms with E-state index >= 15 is 0 Å². The van der Waals surface area contributed by atoms with Gasteiger partial charge < -0.3 is 9.26 Å². The molecule has 1 aromatic heterocycles. The van der Waals surface area contributed by atoms with Crippen molar-refractivity contribution < 1.29 is 22.4 Å². The number of morpholine rings is 1. The van der Waals surface area contributed by atoms with Gasteiger partial charge in [0.2, 0.25) is 5.82 Å². The van der Waals surface area contributed by atoms with Crippen LogP contribution >= 0.6 is 0 Å². The van der Waals surface area contributed by atoms with Gasteiger partial charge >= 0.3 is 12.1 Å². The fraction of sp³-hybridized carbons (Fsp3) is 0.429. The van der Waals surface area contributed by atoms with Crippen LogP contribution in [0.1, 0.15) is 11.5 Å². The summed E-state index contributed by atoms with van der Waals surface area (Å²) in [5.74, 6) is -1.40. The summed E-state index contributed by atoms with van der Waals surface area (Å²) in [4.78, 5) is 5.63. The monoisotopic (exact) mass is 313 g/mol. The topological polar surface area (TPSA) is 51.4 Å². The highest BCUT2D eigenvalue weighted by Gasteiger charge is 2.38. The van der Waals surface area contributed by atoms with Crippen LogP contribution in [0, 0.1) is 0 Å². The third kappa shape index (κ3) is 3.45. The number of rotatable bonds is 3. The lowest BCUT2D eigenvalue weighted by Gasteiger charge is -2.26. The molecule has 0 N–H and O–H groups in total. The third-order valence-electron chi connectivity index (χ3n) is 3.39. The average molecular weight is 313 g/mol. The van der Waals surface area contributed by atoms with E-state index in [1.165, 1.54) is 0 Å². The molecule has 1 aromatic carbocycles. The Balaban J connectivity index is 1.69. The number of ether oxygens (including phenoxy) is 1. The van der Waals surface area contributed by atoms with Crippen molar-refractivity contribution in [3.05, 3.63) is 35.7 Å². The Labute approximate surface area is 124 Å². The maximum atomic E-state index is 12.4. The van der Waals surface area contributed by atoms with Gasteiger partial charge in [-0.25, -0.2) is 0 Å². The van der Waals surface area contributed by atoms with Crippen molar-refractivity contribution in [3.63, 3.8) is 0 Å². The second-order valence-electron chi connectivity index (χ2n) is 5.01. The fourth-order valence-electron chi connectivity index (χ4n) is 2.23. The summed E-state index contributed by atoms with van der Waals surface area (Å²) in [5.41, 5.74) is 1.56. The molecule has 0 atom stereocenters. The number of nitrogens with zero attached hydrogens (tertiary/aromatic N) is 3. The molecule has 0 radical (unpaired) electrons. The van der Waals surface area contributed by atoms with E-state index in [0.29, 0.717) is 5.56 Å². The van der Waals surface area contributed by atoms with Gasteiger partial charge in [0.25, 0.3) is 0 Å². The van der Waals surface area contributed by atoms with Gasteiger partial charge in [-0.2, -0.15) is 18.2 Å². The van der Waals surface area contributed by atoms with Gasteiger partial charge in [-0.05, 0) is 5.56 Å². The van der Waals surface area contributed by atoms with E-state index in [1.807, 2.05) is 12.1 Å². The minimum Gasteiger partial charge on any atom is -0.379 e. The van der Waals surface area contributed by atoms with E-state index in [2.05, 4.69) is 19.6 Å².